The summed E-state index contributed by atoms with van der Waals surface area (Å²) in [5, 5.41) is 30.1. The summed E-state index contributed by atoms with van der Waals surface area (Å²) in [5.41, 5.74) is 10.3. The summed E-state index contributed by atoms with van der Waals surface area (Å²) < 4.78 is 5.90. The lowest BCUT2D eigenvalue weighted by molar-refractivity contribution is -0.384. The minimum absolute atomic E-state index is 0.0284. The quantitative estimate of drug-likeness (QED) is 0.480. The van der Waals surface area contributed by atoms with Crippen LogP contribution in [0.3, 0.4) is 0 Å². The van der Waals surface area contributed by atoms with E-state index in [1.54, 1.807) is 44.2 Å². The third kappa shape index (κ3) is 3.13. The fourth-order valence-electron chi connectivity index (χ4n) is 3.70. The minimum Gasteiger partial charge on any atom is -0.457 e. The summed E-state index contributed by atoms with van der Waals surface area (Å²) in [4.78, 5) is 14.9. The highest BCUT2D eigenvalue weighted by molar-refractivity contribution is 6.08. The Bertz CT molecular complexity index is 1410. The zero-order valence-corrected chi connectivity index (χ0v) is 16.6. The molecule has 1 aliphatic carbocycles. The molecule has 8 nitrogen and oxygen atoms in total. The molecule has 2 aromatic heterocycles. The Balaban J connectivity index is 1.84. The normalized spacial score (nSPS) is 13.7. The standard InChI is InChI=1S/C23H15N5O3/c1-12-17(21-13(2)19(11-25)23(26)27-22(21)18(12)10-24)9-16-6-7-20(31-16)14-4-3-5-15(8-14)28(29)30/h3-9H,1-2H3,(H2,26,27)/b17-9+. The Hall–Kier alpha value is -4.69. The van der Waals surface area contributed by atoms with Gasteiger partial charge in [0.1, 0.15) is 29.5 Å². The number of aromatic nitrogens is 1. The van der Waals surface area contributed by atoms with Gasteiger partial charge in [0.2, 0.25) is 0 Å². The van der Waals surface area contributed by atoms with Crippen LogP contribution in [0.1, 0.15) is 35.1 Å². The number of fused-ring (bicyclic) bond motifs is 1. The SMILES string of the molecule is CC1=C(C#N)c2nc(N)c(C#N)c(C)c2/C1=C/c1ccc(-c2cccc([N+](=O)[O-])c2)o1. The molecule has 2 heterocycles. The molecule has 0 fully saturated rings. The van der Waals surface area contributed by atoms with Gasteiger partial charge in [0.25, 0.3) is 5.69 Å². The highest BCUT2D eigenvalue weighted by Gasteiger charge is 2.29. The van der Waals surface area contributed by atoms with Gasteiger partial charge in [0, 0.05) is 23.3 Å². The number of furan rings is 1. The van der Waals surface area contributed by atoms with E-state index in [2.05, 4.69) is 17.1 Å². The van der Waals surface area contributed by atoms with Crippen LogP contribution >= 0.6 is 0 Å². The average molecular weight is 409 g/mol. The number of hydrogen-bond donors (Lipinski definition) is 1. The van der Waals surface area contributed by atoms with Crippen molar-refractivity contribution in [3.8, 4) is 23.5 Å². The van der Waals surface area contributed by atoms with Crippen molar-refractivity contribution in [2.75, 3.05) is 5.73 Å². The van der Waals surface area contributed by atoms with Gasteiger partial charge in [-0.05, 0) is 48.8 Å². The van der Waals surface area contributed by atoms with Crippen LogP contribution in [-0.4, -0.2) is 9.91 Å². The summed E-state index contributed by atoms with van der Waals surface area (Å²) in [6, 6.07) is 13.9. The summed E-state index contributed by atoms with van der Waals surface area (Å²) in [6.45, 7) is 3.58. The first-order valence-electron chi connectivity index (χ1n) is 9.24. The molecule has 0 radical (unpaired) electrons. The van der Waals surface area contributed by atoms with Gasteiger partial charge in [0.05, 0.1) is 21.8 Å². The van der Waals surface area contributed by atoms with Crippen molar-refractivity contribution in [3.05, 3.63) is 80.2 Å². The van der Waals surface area contributed by atoms with Crippen LogP contribution in [0.15, 0.2) is 46.4 Å². The summed E-state index contributed by atoms with van der Waals surface area (Å²) >= 11 is 0. The van der Waals surface area contributed by atoms with Gasteiger partial charge in [0.15, 0.2) is 0 Å². The molecule has 150 valence electrons. The molecule has 1 aromatic carbocycles. The minimum atomic E-state index is -0.462. The van der Waals surface area contributed by atoms with Crippen LogP contribution in [0.25, 0.3) is 28.5 Å². The molecule has 0 bridgehead atoms. The van der Waals surface area contributed by atoms with Crippen LogP contribution in [0.4, 0.5) is 11.5 Å². The van der Waals surface area contributed by atoms with Crippen molar-refractivity contribution in [2.45, 2.75) is 13.8 Å². The summed E-state index contributed by atoms with van der Waals surface area (Å²) in [7, 11) is 0. The Morgan fingerprint density at radius 1 is 1.19 bits per heavy atom. The molecule has 2 N–H and O–H groups in total. The number of nitrogen functional groups attached to an aromatic ring is 1. The number of nitrogens with zero attached hydrogens (tertiary/aromatic N) is 4. The van der Waals surface area contributed by atoms with Gasteiger partial charge < -0.3 is 10.2 Å². The number of hydrogen-bond acceptors (Lipinski definition) is 7. The van der Waals surface area contributed by atoms with Gasteiger partial charge in [-0.25, -0.2) is 4.98 Å². The number of nitro groups is 1. The van der Waals surface area contributed by atoms with E-state index in [1.165, 1.54) is 12.1 Å². The maximum Gasteiger partial charge on any atom is 0.270 e. The number of anilines is 1. The molecule has 0 unspecified atom stereocenters. The number of allylic oxidation sites excluding steroid dienone is 3. The van der Waals surface area contributed by atoms with Crippen LogP contribution < -0.4 is 5.73 Å². The van der Waals surface area contributed by atoms with Crippen molar-refractivity contribution < 1.29 is 9.34 Å². The molecule has 4 rings (SSSR count). The zero-order chi connectivity index (χ0) is 22.3. The Morgan fingerprint density at radius 2 is 1.97 bits per heavy atom. The lowest BCUT2D eigenvalue weighted by Crippen LogP contribution is -2.03. The number of pyridine rings is 1. The second-order valence-electron chi connectivity index (χ2n) is 7.01. The smallest absolute Gasteiger partial charge is 0.270 e. The number of non-ortho nitro benzene ring substituents is 1. The number of nitriles is 2. The molecule has 3 aromatic rings. The number of rotatable bonds is 3. The summed E-state index contributed by atoms with van der Waals surface area (Å²) in [6.07, 6.45) is 1.77. The molecular weight excluding hydrogens is 394 g/mol. The molecule has 1 aliphatic rings. The van der Waals surface area contributed by atoms with Crippen LogP contribution in [0, 0.1) is 39.7 Å². The molecule has 0 amide bonds. The van der Waals surface area contributed by atoms with E-state index < -0.39 is 4.92 Å². The van der Waals surface area contributed by atoms with Crippen molar-refractivity contribution in [1.82, 2.24) is 4.98 Å². The number of nitro benzene ring substituents is 1. The molecule has 8 heteroatoms. The number of nitrogens with two attached hydrogens (primary N) is 1. The van der Waals surface area contributed by atoms with Gasteiger partial charge >= 0.3 is 0 Å². The van der Waals surface area contributed by atoms with Crippen molar-refractivity contribution in [1.29, 1.82) is 10.5 Å². The number of benzene rings is 1. The van der Waals surface area contributed by atoms with Crippen molar-refractivity contribution in [2.24, 2.45) is 0 Å². The Labute approximate surface area is 177 Å². The van der Waals surface area contributed by atoms with Gasteiger partial charge in [-0.15, -0.1) is 0 Å². The predicted molar refractivity (Wildman–Crippen MR) is 115 cm³/mol. The van der Waals surface area contributed by atoms with Crippen molar-refractivity contribution in [3.63, 3.8) is 0 Å². The fraction of sp³-hybridized carbons (Fsp3) is 0.0870. The van der Waals surface area contributed by atoms with Gasteiger partial charge in [-0.2, -0.15) is 10.5 Å². The molecular formula is C23H15N5O3. The predicted octanol–water partition coefficient (Wildman–Crippen LogP) is 4.86. The molecule has 0 atom stereocenters. The van der Waals surface area contributed by atoms with E-state index in [-0.39, 0.29) is 17.1 Å². The highest BCUT2D eigenvalue weighted by Crippen LogP contribution is 2.44. The molecule has 0 spiro atoms. The first-order chi connectivity index (χ1) is 14.8. The van der Waals surface area contributed by atoms with Crippen LogP contribution in [-0.2, 0) is 0 Å². The van der Waals surface area contributed by atoms with Crippen molar-refractivity contribution >= 4 is 28.7 Å². The largest absolute Gasteiger partial charge is 0.457 e. The zero-order valence-electron chi connectivity index (χ0n) is 16.6. The van der Waals surface area contributed by atoms with E-state index in [1.807, 2.05) is 0 Å². The first-order valence-corrected chi connectivity index (χ1v) is 9.24. The van der Waals surface area contributed by atoms with E-state index >= 15 is 0 Å². The third-order valence-electron chi connectivity index (χ3n) is 5.24. The average Bonchev–Trinajstić information content (AvgIpc) is 3.31. The second kappa shape index (κ2) is 7.29. The lowest BCUT2D eigenvalue weighted by Gasteiger charge is -2.10. The monoisotopic (exact) mass is 409 g/mol. The lowest BCUT2D eigenvalue weighted by atomic mass is 9.96. The Morgan fingerprint density at radius 3 is 2.65 bits per heavy atom. The van der Waals surface area contributed by atoms with Gasteiger partial charge in [-0.3, -0.25) is 10.1 Å². The van der Waals surface area contributed by atoms with Crippen LogP contribution in [0.5, 0.6) is 0 Å². The molecule has 0 saturated carbocycles. The highest BCUT2D eigenvalue weighted by atomic mass is 16.6. The maximum absolute atomic E-state index is 11.0. The van der Waals surface area contributed by atoms with Crippen LogP contribution in [0.2, 0.25) is 0 Å². The fourth-order valence-corrected chi connectivity index (χ4v) is 3.70. The first kappa shape index (κ1) is 19.6. The van der Waals surface area contributed by atoms with E-state index in [0.717, 1.165) is 0 Å². The van der Waals surface area contributed by atoms with E-state index in [4.69, 9.17) is 10.2 Å². The third-order valence-corrected chi connectivity index (χ3v) is 5.24. The summed E-state index contributed by atoms with van der Waals surface area (Å²) in [5.74, 6) is 1.06. The second-order valence-corrected chi connectivity index (χ2v) is 7.01. The topological polar surface area (TPSA) is 143 Å². The molecule has 0 saturated heterocycles. The molecule has 31 heavy (non-hydrogen) atoms. The maximum atomic E-state index is 11.0. The van der Waals surface area contributed by atoms with E-state index in [0.29, 0.717) is 50.6 Å². The van der Waals surface area contributed by atoms with Gasteiger partial charge in [-0.1, -0.05) is 12.1 Å². The molecule has 0 aliphatic heterocycles. The van der Waals surface area contributed by atoms with E-state index in [9.17, 15) is 20.6 Å². The Kier molecular flexibility index (Phi) is 4.61.